The molecule has 0 unspecified atom stereocenters. The molecule has 2 rings (SSSR count). The number of likely N-dealkylation sites (tertiary alicyclic amines) is 1. The van der Waals surface area contributed by atoms with Gasteiger partial charge in [0.2, 0.25) is 11.8 Å². The van der Waals surface area contributed by atoms with Crippen molar-refractivity contribution in [3.05, 3.63) is 29.3 Å². The van der Waals surface area contributed by atoms with Crippen LogP contribution >= 0.6 is 0 Å². The topological polar surface area (TPSA) is 84.9 Å². The van der Waals surface area contributed by atoms with Gasteiger partial charge in [-0.25, -0.2) is 4.79 Å². The van der Waals surface area contributed by atoms with Gasteiger partial charge in [0.1, 0.15) is 11.3 Å². The Morgan fingerprint density at radius 2 is 2.00 bits per heavy atom. The summed E-state index contributed by atoms with van der Waals surface area (Å²) in [5, 5.41) is 2.78. The van der Waals surface area contributed by atoms with Gasteiger partial charge in [-0.15, -0.1) is 0 Å². The summed E-state index contributed by atoms with van der Waals surface area (Å²) < 4.78 is 9.87. The lowest BCUT2D eigenvalue weighted by Crippen LogP contribution is -2.40. The summed E-state index contributed by atoms with van der Waals surface area (Å²) in [4.78, 5) is 37.4. The van der Waals surface area contributed by atoms with E-state index in [1.807, 2.05) is 0 Å². The predicted molar refractivity (Wildman–Crippen MR) is 91.2 cm³/mol. The van der Waals surface area contributed by atoms with Crippen LogP contribution in [-0.2, 0) is 20.9 Å². The van der Waals surface area contributed by atoms with Crippen molar-refractivity contribution in [1.29, 1.82) is 0 Å². The summed E-state index contributed by atoms with van der Waals surface area (Å²) in [5.74, 6) is -0.270. The minimum atomic E-state index is -0.500. The number of ether oxygens (including phenoxy) is 2. The van der Waals surface area contributed by atoms with Gasteiger partial charge in [-0.3, -0.25) is 9.59 Å². The van der Waals surface area contributed by atoms with Gasteiger partial charge < -0.3 is 19.7 Å². The highest BCUT2D eigenvalue weighted by Crippen LogP contribution is 2.20. The molecule has 0 bridgehead atoms. The summed E-state index contributed by atoms with van der Waals surface area (Å²) in [6.45, 7) is 0.953. The molecule has 0 spiro atoms. The zero-order chi connectivity index (χ0) is 18.2. The molecule has 2 amide bonds. The van der Waals surface area contributed by atoms with Crippen LogP contribution in [0.15, 0.2) is 18.2 Å². The van der Waals surface area contributed by atoms with Crippen LogP contribution in [0.5, 0.6) is 5.75 Å². The van der Waals surface area contributed by atoms with Crippen molar-refractivity contribution >= 4 is 17.8 Å². The van der Waals surface area contributed by atoms with Crippen molar-refractivity contribution in [2.45, 2.75) is 32.2 Å². The highest BCUT2D eigenvalue weighted by molar-refractivity contribution is 5.92. The Morgan fingerprint density at radius 1 is 1.20 bits per heavy atom. The molecule has 0 radical (unpaired) electrons. The molecule has 1 aliphatic rings. The number of hydrogen-bond donors (Lipinski definition) is 1. The van der Waals surface area contributed by atoms with Gasteiger partial charge >= 0.3 is 5.97 Å². The molecule has 0 aromatic heterocycles. The first-order valence-electron chi connectivity index (χ1n) is 8.35. The molecule has 0 atom stereocenters. The number of carbonyl (C=O) groups is 3. The van der Waals surface area contributed by atoms with Crippen molar-refractivity contribution in [3.8, 4) is 5.75 Å². The second-order valence-electron chi connectivity index (χ2n) is 5.93. The number of esters is 1. The first kappa shape index (κ1) is 18.8. The lowest BCUT2D eigenvalue weighted by Gasteiger charge is -2.19. The van der Waals surface area contributed by atoms with Gasteiger partial charge in [-0.2, -0.15) is 0 Å². The Balaban J connectivity index is 1.95. The maximum atomic E-state index is 12.1. The molecule has 136 valence electrons. The zero-order valence-electron chi connectivity index (χ0n) is 14.7. The third-order valence-corrected chi connectivity index (χ3v) is 4.16. The van der Waals surface area contributed by atoms with Crippen LogP contribution in [0.4, 0.5) is 0 Å². The molecule has 1 N–H and O–H groups in total. The summed E-state index contributed by atoms with van der Waals surface area (Å²) in [7, 11) is 2.77. The maximum absolute atomic E-state index is 12.1. The van der Waals surface area contributed by atoms with Crippen LogP contribution in [0.3, 0.4) is 0 Å². The number of rotatable bonds is 6. The SMILES string of the molecule is COC(=O)c1cc(CNC(=O)CN2CCCCCC2=O)ccc1OC. The van der Waals surface area contributed by atoms with Crippen molar-refractivity contribution in [2.75, 3.05) is 27.3 Å². The molecule has 25 heavy (non-hydrogen) atoms. The minimum Gasteiger partial charge on any atom is -0.496 e. The quantitative estimate of drug-likeness (QED) is 0.788. The first-order chi connectivity index (χ1) is 12.0. The summed E-state index contributed by atoms with van der Waals surface area (Å²) in [5.41, 5.74) is 1.05. The molecule has 0 aliphatic carbocycles. The minimum absolute atomic E-state index is 0.0325. The van der Waals surface area contributed by atoms with Gasteiger partial charge in [0, 0.05) is 19.5 Å². The molecule has 0 saturated carbocycles. The van der Waals surface area contributed by atoms with Crippen LogP contribution in [0, 0.1) is 0 Å². The van der Waals surface area contributed by atoms with Gasteiger partial charge in [0.05, 0.1) is 20.8 Å². The lowest BCUT2D eigenvalue weighted by atomic mass is 10.1. The Hall–Kier alpha value is -2.57. The van der Waals surface area contributed by atoms with E-state index in [1.54, 1.807) is 23.1 Å². The average Bonchev–Trinajstić information content (AvgIpc) is 2.83. The van der Waals surface area contributed by atoms with E-state index < -0.39 is 5.97 Å². The number of nitrogens with zero attached hydrogens (tertiary/aromatic N) is 1. The van der Waals surface area contributed by atoms with Crippen molar-refractivity contribution in [1.82, 2.24) is 10.2 Å². The van der Waals surface area contributed by atoms with E-state index in [-0.39, 0.29) is 24.9 Å². The van der Waals surface area contributed by atoms with Gasteiger partial charge in [-0.05, 0) is 30.5 Å². The number of benzene rings is 1. The van der Waals surface area contributed by atoms with E-state index in [4.69, 9.17) is 9.47 Å². The Bertz CT molecular complexity index is 644. The monoisotopic (exact) mass is 348 g/mol. The summed E-state index contributed by atoms with van der Waals surface area (Å²) in [6, 6.07) is 5.05. The smallest absolute Gasteiger partial charge is 0.341 e. The Kier molecular flexibility index (Phi) is 6.80. The third kappa shape index (κ3) is 5.20. The van der Waals surface area contributed by atoms with Crippen LogP contribution in [0.25, 0.3) is 0 Å². The second-order valence-corrected chi connectivity index (χ2v) is 5.93. The Labute approximate surface area is 147 Å². The highest BCUT2D eigenvalue weighted by Gasteiger charge is 2.19. The molecule has 7 heteroatoms. The standard InChI is InChI=1S/C18H24N2O5/c1-24-15-8-7-13(10-14(15)18(23)25-2)11-19-16(21)12-20-9-5-3-4-6-17(20)22/h7-8,10H,3-6,9,11-12H2,1-2H3,(H,19,21). The molecular weight excluding hydrogens is 324 g/mol. The van der Waals surface area contributed by atoms with E-state index in [0.717, 1.165) is 24.8 Å². The largest absolute Gasteiger partial charge is 0.496 e. The molecule has 1 aliphatic heterocycles. The zero-order valence-corrected chi connectivity index (χ0v) is 14.7. The number of nitrogens with one attached hydrogen (secondary N) is 1. The van der Waals surface area contributed by atoms with Crippen LogP contribution in [-0.4, -0.2) is 50.0 Å². The molecule has 7 nitrogen and oxygen atoms in total. The molecular formula is C18H24N2O5. The first-order valence-corrected chi connectivity index (χ1v) is 8.35. The molecule has 1 aromatic rings. The van der Waals surface area contributed by atoms with Crippen LogP contribution < -0.4 is 10.1 Å². The maximum Gasteiger partial charge on any atom is 0.341 e. The van der Waals surface area contributed by atoms with E-state index in [2.05, 4.69) is 5.32 Å². The Morgan fingerprint density at radius 3 is 2.72 bits per heavy atom. The second kappa shape index (κ2) is 9.05. The molecule has 1 aromatic carbocycles. The third-order valence-electron chi connectivity index (χ3n) is 4.16. The molecule has 1 saturated heterocycles. The van der Waals surface area contributed by atoms with E-state index >= 15 is 0 Å². The van der Waals surface area contributed by atoms with E-state index in [1.165, 1.54) is 14.2 Å². The van der Waals surface area contributed by atoms with E-state index in [0.29, 0.717) is 24.3 Å². The molecule has 1 fully saturated rings. The van der Waals surface area contributed by atoms with E-state index in [9.17, 15) is 14.4 Å². The summed E-state index contributed by atoms with van der Waals surface area (Å²) in [6.07, 6.45) is 3.35. The average molecular weight is 348 g/mol. The number of hydrogen-bond acceptors (Lipinski definition) is 5. The fourth-order valence-electron chi connectivity index (χ4n) is 2.77. The van der Waals surface area contributed by atoms with Crippen LogP contribution in [0.1, 0.15) is 41.6 Å². The predicted octanol–water partition coefficient (Wildman–Crippen LogP) is 1.50. The number of carbonyl (C=O) groups excluding carboxylic acids is 3. The van der Waals surface area contributed by atoms with Crippen molar-refractivity contribution in [2.24, 2.45) is 0 Å². The lowest BCUT2D eigenvalue weighted by molar-refractivity contribution is -0.135. The van der Waals surface area contributed by atoms with Gasteiger partial charge in [0.15, 0.2) is 0 Å². The molecule has 1 heterocycles. The fraction of sp³-hybridized carbons (Fsp3) is 0.500. The van der Waals surface area contributed by atoms with Gasteiger partial charge in [0.25, 0.3) is 0 Å². The highest BCUT2D eigenvalue weighted by atomic mass is 16.5. The van der Waals surface area contributed by atoms with Gasteiger partial charge in [-0.1, -0.05) is 12.5 Å². The number of amides is 2. The summed E-state index contributed by atoms with van der Waals surface area (Å²) >= 11 is 0. The van der Waals surface area contributed by atoms with Crippen molar-refractivity contribution < 1.29 is 23.9 Å². The number of methoxy groups -OCH3 is 2. The fourth-order valence-corrected chi connectivity index (χ4v) is 2.77. The van der Waals surface area contributed by atoms with Crippen molar-refractivity contribution in [3.63, 3.8) is 0 Å². The normalized spacial score (nSPS) is 14.6. The van der Waals surface area contributed by atoms with Crippen LogP contribution in [0.2, 0.25) is 0 Å².